The Morgan fingerprint density at radius 3 is 2.57 bits per heavy atom. The Kier molecular flexibility index (Phi) is 5.09. The summed E-state index contributed by atoms with van der Waals surface area (Å²) in [7, 11) is 0. The van der Waals surface area contributed by atoms with Gasteiger partial charge in [-0.25, -0.2) is 4.39 Å². The summed E-state index contributed by atoms with van der Waals surface area (Å²) >= 11 is 0. The summed E-state index contributed by atoms with van der Waals surface area (Å²) in [5.41, 5.74) is 2.67. The van der Waals surface area contributed by atoms with E-state index in [4.69, 9.17) is 0 Å². The maximum absolute atomic E-state index is 13.2. The highest BCUT2D eigenvalue weighted by molar-refractivity contribution is 5.76. The maximum Gasteiger partial charge on any atom is 0.220 e. The molecule has 0 aliphatic carbocycles. The molecule has 1 amide bonds. The molecule has 0 radical (unpaired) electrons. The monoisotopic (exact) mass is 285 g/mol. The van der Waals surface area contributed by atoms with Gasteiger partial charge in [-0.05, 0) is 35.6 Å². The molecule has 2 nitrogen and oxygen atoms in total. The molecular weight excluding hydrogens is 265 g/mol. The van der Waals surface area contributed by atoms with Crippen LogP contribution in [0.3, 0.4) is 0 Å². The van der Waals surface area contributed by atoms with Crippen molar-refractivity contribution in [2.45, 2.75) is 32.7 Å². The molecule has 2 rings (SSSR count). The molecule has 0 aliphatic heterocycles. The first-order chi connectivity index (χ1) is 10.1. The molecule has 0 saturated heterocycles. The van der Waals surface area contributed by atoms with Crippen molar-refractivity contribution in [3.8, 4) is 0 Å². The Hall–Kier alpha value is -2.16. The van der Waals surface area contributed by atoms with Crippen LogP contribution in [0.25, 0.3) is 0 Å². The van der Waals surface area contributed by atoms with Crippen LogP contribution >= 0.6 is 0 Å². The molecule has 0 spiro atoms. The van der Waals surface area contributed by atoms with Gasteiger partial charge in [0.2, 0.25) is 5.91 Å². The maximum atomic E-state index is 13.2. The number of hydrogen-bond donors (Lipinski definition) is 1. The lowest BCUT2D eigenvalue weighted by atomic mass is 9.97. The summed E-state index contributed by atoms with van der Waals surface area (Å²) in [6, 6.07) is 14.9. The minimum absolute atomic E-state index is 0.00771. The van der Waals surface area contributed by atoms with Gasteiger partial charge in [0, 0.05) is 13.0 Å². The second kappa shape index (κ2) is 7.02. The predicted octanol–water partition coefficient (Wildman–Crippen LogP) is 3.94. The summed E-state index contributed by atoms with van der Waals surface area (Å²) in [6.45, 7) is 4.19. The van der Waals surface area contributed by atoms with Crippen molar-refractivity contribution >= 4 is 5.91 Å². The van der Waals surface area contributed by atoms with Crippen LogP contribution in [0.15, 0.2) is 48.5 Å². The smallest absolute Gasteiger partial charge is 0.220 e. The first-order valence-corrected chi connectivity index (χ1v) is 7.13. The number of carbonyl (C=O) groups excluding carboxylic acids is 1. The Morgan fingerprint density at radius 2 is 1.90 bits per heavy atom. The fourth-order valence-corrected chi connectivity index (χ4v) is 2.27. The lowest BCUT2D eigenvalue weighted by Crippen LogP contribution is -2.24. The second-order valence-corrected chi connectivity index (χ2v) is 5.38. The fraction of sp³-hybridized carbons (Fsp3) is 0.278. The van der Waals surface area contributed by atoms with Crippen molar-refractivity contribution in [2.24, 2.45) is 0 Å². The van der Waals surface area contributed by atoms with Crippen molar-refractivity contribution in [3.05, 3.63) is 71.0 Å². The van der Waals surface area contributed by atoms with Crippen LogP contribution in [0.5, 0.6) is 0 Å². The molecule has 2 aromatic carbocycles. The third kappa shape index (κ3) is 4.42. The zero-order chi connectivity index (χ0) is 15.2. The summed E-state index contributed by atoms with van der Waals surface area (Å²) in [4.78, 5) is 12.0. The third-order valence-electron chi connectivity index (χ3n) is 3.57. The van der Waals surface area contributed by atoms with E-state index in [1.807, 2.05) is 37.3 Å². The Morgan fingerprint density at radius 1 is 1.19 bits per heavy atom. The molecular formula is C18H20FNO. The highest BCUT2D eigenvalue weighted by Crippen LogP contribution is 2.18. The highest BCUT2D eigenvalue weighted by atomic mass is 19.1. The molecule has 0 fully saturated rings. The Bertz CT molecular complexity index is 610. The molecule has 1 unspecified atom stereocenters. The van der Waals surface area contributed by atoms with Crippen LogP contribution in [-0.2, 0) is 11.3 Å². The van der Waals surface area contributed by atoms with E-state index in [0.717, 1.165) is 11.1 Å². The molecule has 0 bridgehead atoms. The quantitative estimate of drug-likeness (QED) is 0.885. The van der Waals surface area contributed by atoms with E-state index in [1.165, 1.54) is 6.07 Å². The van der Waals surface area contributed by atoms with Gasteiger partial charge >= 0.3 is 0 Å². The molecule has 0 aliphatic rings. The van der Waals surface area contributed by atoms with Crippen LogP contribution in [-0.4, -0.2) is 5.91 Å². The van der Waals surface area contributed by atoms with Gasteiger partial charge in [-0.15, -0.1) is 0 Å². The van der Waals surface area contributed by atoms with E-state index >= 15 is 0 Å². The average Bonchev–Trinajstić information content (AvgIpc) is 2.49. The molecule has 3 heteroatoms. The number of hydrogen-bond acceptors (Lipinski definition) is 1. The van der Waals surface area contributed by atoms with Gasteiger partial charge in [0.1, 0.15) is 5.82 Å². The first-order valence-electron chi connectivity index (χ1n) is 7.13. The van der Waals surface area contributed by atoms with Crippen molar-refractivity contribution in [3.63, 3.8) is 0 Å². The van der Waals surface area contributed by atoms with Crippen LogP contribution in [0.4, 0.5) is 4.39 Å². The molecule has 0 heterocycles. The third-order valence-corrected chi connectivity index (χ3v) is 3.57. The van der Waals surface area contributed by atoms with E-state index in [1.54, 1.807) is 19.1 Å². The molecule has 1 N–H and O–H groups in total. The number of halogens is 1. The topological polar surface area (TPSA) is 29.1 Å². The summed E-state index contributed by atoms with van der Waals surface area (Å²) in [5, 5.41) is 2.88. The largest absolute Gasteiger partial charge is 0.352 e. The molecule has 1 atom stereocenters. The lowest BCUT2D eigenvalue weighted by Gasteiger charge is -2.12. The van der Waals surface area contributed by atoms with Crippen molar-refractivity contribution in [2.75, 3.05) is 0 Å². The van der Waals surface area contributed by atoms with Crippen LogP contribution in [0, 0.1) is 12.7 Å². The number of nitrogens with one attached hydrogen (secondary N) is 1. The van der Waals surface area contributed by atoms with Crippen LogP contribution < -0.4 is 5.32 Å². The van der Waals surface area contributed by atoms with E-state index in [2.05, 4.69) is 5.32 Å². The van der Waals surface area contributed by atoms with Crippen molar-refractivity contribution in [1.82, 2.24) is 5.32 Å². The van der Waals surface area contributed by atoms with Gasteiger partial charge in [-0.2, -0.15) is 0 Å². The number of amides is 1. The molecule has 0 aromatic heterocycles. The van der Waals surface area contributed by atoms with E-state index in [0.29, 0.717) is 18.5 Å². The normalized spacial score (nSPS) is 12.0. The molecule has 110 valence electrons. The first kappa shape index (κ1) is 15.2. The van der Waals surface area contributed by atoms with Gasteiger partial charge in [-0.3, -0.25) is 4.79 Å². The van der Waals surface area contributed by atoms with Gasteiger partial charge in [0.25, 0.3) is 0 Å². The molecule has 0 saturated carbocycles. The zero-order valence-corrected chi connectivity index (χ0v) is 12.4. The Balaban J connectivity index is 1.86. The van der Waals surface area contributed by atoms with E-state index in [9.17, 15) is 9.18 Å². The van der Waals surface area contributed by atoms with Crippen molar-refractivity contribution in [1.29, 1.82) is 0 Å². The highest BCUT2D eigenvalue weighted by Gasteiger charge is 2.10. The minimum Gasteiger partial charge on any atom is -0.352 e. The van der Waals surface area contributed by atoms with E-state index < -0.39 is 0 Å². The van der Waals surface area contributed by atoms with Gasteiger partial charge < -0.3 is 5.32 Å². The number of aryl methyl sites for hydroxylation is 1. The number of rotatable bonds is 5. The summed E-state index contributed by atoms with van der Waals surface area (Å²) in [5.74, 6) is -0.0303. The van der Waals surface area contributed by atoms with Crippen LogP contribution in [0.1, 0.15) is 36.0 Å². The standard InChI is InChI=1S/C18H20FNO/c1-13(16-6-4-3-5-7-16)11-18(21)20-12-15-8-9-17(19)14(2)10-15/h3-10,13H,11-12H2,1-2H3,(H,20,21). The van der Waals surface area contributed by atoms with Gasteiger partial charge in [0.05, 0.1) is 0 Å². The predicted molar refractivity (Wildman–Crippen MR) is 82.5 cm³/mol. The minimum atomic E-state index is -0.220. The lowest BCUT2D eigenvalue weighted by molar-refractivity contribution is -0.121. The molecule has 21 heavy (non-hydrogen) atoms. The van der Waals surface area contributed by atoms with E-state index in [-0.39, 0.29) is 17.6 Å². The molecule has 2 aromatic rings. The second-order valence-electron chi connectivity index (χ2n) is 5.38. The number of benzene rings is 2. The van der Waals surface area contributed by atoms with Crippen LogP contribution in [0.2, 0.25) is 0 Å². The van der Waals surface area contributed by atoms with Gasteiger partial charge in [0.15, 0.2) is 0 Å². The van der Waals surface area contributed by atoms with Crippen molar-refractivity contribution < 1.29 is 9.18 Å². The Labute approximate surface area is 125 Å². The SMILES string of the molecule is Cc1cc(CNC(=O)CC(C)c2ccccc2)ccc1F. The number of carbonyl (C=O) groups is 1. The fourth-order valence-electron chi connectivity index (χ4n) is 2.27. The summed E-state index contributed by atoms with van der Waals surface area (Å²) < 4.78 is 13.2. The average molecular weight is 285 g/mol. The zero-order valence-electron chi connectivity index (χ0n) is 12.4. The van der Waals surface area contributed by atoms with Gasteiger partial charge in [-0.1, -0.05) is 49.4 Å². The summed E-state index contributed by atoms with van der Waals surface area (Å²) in [6.07, 6.45) is 0.449.